The summed E-state index contributed by atoms with van der Waals surface area (Å²) in [5, 5.41) is 9.54. The van der Waals surface area contributed by atoms with Crippen molar-refractivity contribution in [3.8, 4) is 6.07 Å². The first-order valence-corrected chi connectivity index (χ1v) is 9.45. The molecule has 0 radical (unpaired) electrons. The van der Waals surface area contributed by atoms with Crippen LogP contribution in [0.5, 0.6) is 0 Å². The van der Waals surface area contributed by atoms with Crippen molar-refractivity contribution < 1.29 is 0 Å². The summed E-state index contributed by atoms with van der Waals surface area (Å²) in [4.78, 5) is 19.1. The molecule has 1 fully saturated rings. The first kappa shape index (κ1) is 18.2. The molecule has 1 aliphatic rings. The number of anilines is 1. The van der Waals surface area contributed by atoms with Gasteiger partial charge in [-0.15, -0.1) is 0 Å². The highest BCUT2D eigenvalue weighted by Crippen LogP contribution is 2.31. The lowest BCUT2D eigenvalue weighted by Gasteiger charge is -2.34. The third-order valence-electron chi connectivity index (χ3n) is 5.24. The molecule has 5 nitrogen and oxygen atoms in total. The van der Waals surface area contributed by atoms with Crippen LogP contribution in [-0.2, 0) is 6.54 Å². The fourth-order valence-electron chi connectivity index (χ4n) is 3.71. The summed E-state index contributed by atoms with van der Waals surface area (Å²) in [6, 6.07) is 8.34. The number of nitrogens with zero attached hydrogens (tertiary/aromatic N) is 4. The molecule has 2 aromatic rings. The molecule has 0 aliphatic carbocycles. The van der Waals surface area contributed by atoms with Crippen LogP contribution in [0.4, 0.5) is 5.69 Å². The Labute approximate surface area is 154 Å². The van der Waals surface area contributed by atoms with E-state index in [1.807, 2.05) is 25.4 Å². The quantitative estimate of drug-likeness (QED) is 0.826. The Hall–Kier alpha value is -2.61. The molecule has 5 heteroatoms. The fourth-order valence-corrected chi connectivity index (χ4v) is 3.71. The second-order valence-corrected chi connectivity index (χ2v) is 7.03. The molecule has 0 N–H and O–H groups in total. The van der Waals surface area contributed by atoms with Crippen molar-refractivity contribution in [2.75, 3.05) is 18.0 Å². The zero-order chi connectivity index (χ0) is 18.5. The van der Waals surface area contributed by atoms with Gasteiger partial charge in [0.2, 0.25) is 0 Å². The second kappa shape index (κ2) is 8.18. The Kier molecular flexibility index (Phi) is 5.72. The largest absolute Gasteiger partial charge is 0.370 e. The van der Waals surface area contributed by atoms with E-state index in [4.69, 9.17) is 0 Å². The summed E-state index contributed by atoms with van der Waals surface area (Å²) in [6.07, 6.45) is 7.73. The van der Waals surface area contributed by atoms with Gasteiger partial charge >= 0.3 is 0 Å². The molecule has 1 aliphatic heterocycles. The highest BCUT2D eigenvalue weighted by atomic mass is 16.1. The number of aromatic nitrogens is 2. The lowest BCUT2D eigenvalue weighted by molar-refractivity contribution is 0.503. The van der Waals surface area contributed by atoms with Crippen LogP contribution in [0.1, 0.15) is 55.3 Å². The Morgan fingerprint density at radius 2 is 2.08 bits per heavy atom. The number of pyridine rings is 2. The van der Waals surface area contributed by atoms with Gasteiger partial charge in [-0.05, 0) is 55.9 Å². The molecule has 2 aromatic heterocycles. The molecule has 3 heterocycles. The minimum Gasteiger partial charge on any atom is -0.370 e. The minimum absolute atomic E-state index is 0.162. The van der Waals surface area contributed by atoms with E-state index >= 15 is 0 Å². The van der Waals surface area contributed by atoms with Crippen molar-refractivity contribution in [2.24, 2.45) is 0 Å². The Morgan fingerprint density at radius 3 is 2.73 bits per heavy atom. The maximum atomic E-state index is 12.6. The molecular formula is C21H26N4O. The highest BCUT2D eigenvalue weighted by Gasteiger charge is 2.23. The molecule has 0 bridgehead atoms. The van der Waals surface area contributed by atoms with E-state index in [1.165, 1.54) is 5.56 Å². The van der Waals surface area contributed by atoms with E-state index in [0.29, 0.717) is 12.5 Å². The van der Waals surface area contributed by atoms with Gasteiger partial charge in [-0.25, -0.2) is 0 Å². The molecule has 136 valence electrons. The average Bonchev–Trinajstić information content (AvgIpc) is 2.67. The zero-order valence-corrected chi connectivity index (χ0v) is 15.6. The standard InChI is InChI=1S/C21H26N4O/c1-3-4-10-25-13-8-20(19(15-22)21(25)26)24-11-6-17(7-12-24)18-5-9-23-16(2)14-18/h5,8-9,13-14,17H,3-4,6-7,10-12H2,1-2H3. The van der Waals surface area contributed by atoms with Crippen molar-refractivity contribution in [3.05, 3.63) is 57.8 Å². The average molecular weight is 350 g/mol. The molecular weight excluding hydrogens is 324 g/mol. The fraction of sp³-hybridized carbons (Fsp3) is 0.476. The number of rotatable bonds is 5. The van der Waals surface area contributed by atoms with Crippen LogP contribution >= 0.6 is 0 Å². The Bertz CT molecular complexity index is 857. The predicted octanol–water partition coefficient (Wildman–Crippen LogP) is 3.61. The third kappa shape index (κ3) is 3.80. The Balaban J connectivity index is 1.76. The number of hydrogen-bond donors (Lipinski definition) is 0. The normalized spacial score (nSPS) is 15.0. The van der Waals surface area contributed by atoms with Gasteiger partial charge in [-0.1, -0.05) is 13.3 Å². The maximum Gasteiger partial charge on any atom is 0.270 e. The summed E-state index contributed by atoms with van der Waals surface area (Å²) in [5.74, 6) is 0.517. The molecule has 0 aromatic carbocycles. The predicted molar refractivity (Wildman–Crippen MR) is 103 cm³/mol. The van der Waals surface area contributed by atoms with E-state index in [-0.39, 0.29) is 11.1 Å². The highest BCUT2D eigenvalue weighted by molar-refractivity contribution is 5.58. The number of hydrogen-bond acceptors (Lipinski definition) is 4. The van der Waals surface area contributed by atoms with Crippen LogP contribution in [0, 0.1) is 18.3 Å². The minimum atomic E-state index is -0.162. The number of unbranched alkanes of at least 4 members (excludes halogenated alkanes) is 1. The first-order chi connectivity index (χ1) is 12.6. The van der Waals surface area contributed by atoms with Gasteiger partial charge < -0.3 is 9.47 Å². The van der Waals surface area contributed by atoms with Crippen molar-refractivity contribution in [1.29, 1.82) is 5.26 Å². The van der Waals surface area contributed by atoms with Crippen LogP contribution in [0.15, 0.2) is 35.4 Å². The first-order valence-electron chi connectivity index (χ1n) is 9.45. The summed E-state index contributed by atoms with van der Waals surface area (Å²) in [7, 11) is 0. The van der Waals surface area contributed by atoms with E-state index in [2.05, 4.69) is 35.0 Å². The van der Waals surface area contributed by atoms with E-state index in [9.17, 15) is 10.1 Å². The van der Waals surface area contributed by atoms with E-state index in [0.717, 1.165) is 50.2 Å². The maximum absolute atomic E-state index is 12.6. The van der Waals surface area contributed by atoms with Crippen LogP contribution < -0.4 is 10.5 Å². The van der Waals surface area contributed by atoms with Crippen LogP contribution in [0.2, 0.25) is 0 Å². The van der Waals surface area contributed by atoms with Crippen LogP contribution in [0.3, 0.4) is 0 Å². The van der Waals surface area contributed by atoms with Crippen LogP contribution in [-0.4, -0.2) is 22.6 Å². The number of piperidine rings is 1. The molecule has 0 spiro atoms. The zero-order valence-electron chi connectivity index (χ0n) is 15.6. The molecule has 26 heavy (non-hydrogen) atoms. The molecule has 0 amide bonds. The van der Waals surface area contributed by atoms with Gasteiger partial charge in [0.25, 0.3) is 5.56 Å². The topological polar surface area (TPSA) is 61.9 Å². The van der Waals surface area contributed by atoms with Crippen molar-refractivity contribution >= 4 is 5.69 Å². The lowest BCUT2D eigenvalue weighted by atomic mass is 9.89. The third-order valence-corrected chi connectivity index (χ3v) is 5.24. The summed E-state index contributed by atoms with van der Waals surface area (Å²) >= 11 is 0. The lowest BCUT2D eigenvalue weighted by Crippen LogP contribution is -2.35. The van der Waals surface area contributed by atoms with Crippen molar-refractivity contribution in [1.82, 2.24) is 9.55 Å². The van der Waals surface area contributed by atoms with Crippen molar-refractivity contribution in [2.45, 2.75) is 52.0 Å². The van der Waals surface area contributed by atoms with Gasteiger partial charge in [0.1, 0.15) is 11.6 Å². The summed E-state index contributed by atoms with van der Waals surface area (Å²) < 4.78 is 1.66. The SMILES string of the molecule is CCCCn1ccc(N2CCC(c3ccnc(C)c3)CC2)c(C#N)c1=O. The van der Waals surface area contributed by atoms with E-state index < -0.39 is 0 Å². The van der Waals surface area contributed by atoms with Crippen LogP contribution in [0.25, 0.3) is 0 Å². The van der Waals surface area contributed by atoms with Gasteiger partial charge in [-0.2, -0.15) is 5.26 Å². The second-order valence-electron chi connectivity index (χ2n) is 7.03. The summed E-state index contributed by atoms with van der Waals surface area (Å²) in [5.41, 5.74) is 3.29. The van der Waals surface area contributed by atoms with Gasteiger partial charge in [0, 0.05) is 37.7 Å². The number of nitriles is 1. The van der Waals surface area contributed by atoms with Gasteiger partial charge in [0.05, 0.1) is 5.69 Å². The molecule has 0 unspecified atom stereocenters. The Morgan fingerprint density at radius 1 is 1.31 bits per heavy atom. The van der Waals surface area contributed by atoms with Gasteiger partial charge in [-0.3, -0.25) is 9.78 Å². The molecule has 1 saturated heterocycles. The summed E-state index contributed by atoms with van der Waals surface area (Å²) in [6.45, 7) is 6.51. The van der Waals surface area contributed by atoms with Gasteiger partial charge in [0.15, 0.2) is 0 Å². The molecule has 3 rings (SSSR count). The smallest absolute Gasteiger partial charge is 0.270 e. The van der Waals surface area contributed by atoms with Crippen molar-refractivity contribution in [3.63, 3.8) is 0 Å². The molecule has 0 atom stereocenters. The molecule has 0 saturated carbocycles. The monoisotopic (exact) mass is 350 g/mol. The van der Waals surface area contributed by atoms with E-state index in [1.54, 1.807) is 4.57 Å². The number of aryl methyl sites for hydroxylation is 2.